The van der Waals surface area contributed by atoms with Crippen LogP contribution in [0.4, 0.5) is 0 Å². The lowest BCUT2D eigenvalue weighted by Crippen LogP contribution is -2.07. The highest BCUT2D eigenvalue weighted by Crippen LogP contribution is 2.28. The van der Waals surface area contributed by atoms with Gasteiger partial charge in [-0.15, -0.1) is 0 Å². The summed E-state index contributed by atoms with van der Waals surface area (Å²) in [5.41, 5.74) is 1.02. The molecule has 1 heterocycles. The molecule has 0 aliphatic heterocycles. The molecule has 0 radical (unpaired) electrons. The Morgan fingerprint density at radius 1 is 1.39 bits per heavy atom. The summed E-state index contributed by atoms with van der Waals surface area (Å²) in [5, 5.41) is 3.63. The molecule has 1 aromatic carbocycles. The molecule has 0 spiro atoms. The number of benzene rings is 1. The van der Waals surface area contributed by atoms with Crippen molar-refractivity contribution in [2.24, 2.45) is 0 Å². The number of hydrogen-bond acceptors (Lipinski definition) is 3. The van der Waals surface area contributed by atoms with Crippen molar-refractivity contribution in [3.05, 3.63) is 51.3 Å². The van der Waals surface area contributed by atoms with Crippen LogP contribution >= 0.6 is 27.5 Å². The highest BCUT2D eigenvalue weighted by atomic mass is 79.9. The molecular formula is C13H13BrClNO2. The Hall–Kier alpha value is -0.970. The van der Waals surface area contributed by atoms with E-state index in [2.05, 4.69) is 21.2 Å². The van der Waals surface area contributed by atoms with Gasteiger partial charge in [0, 0.05) is 10.0 Å². The van der Waals surface area contributed by atoms with Crippen LogP contribution in [0, 0.1) is 0 Å². The van der Waals surface area contributed by atoms with Gasteiger partial charge < -0.3 is 14.5 Å². The Morgan fingerprint density at radius 3 is 2.94 bits per heavy atom. The van der Waals surface area contributed by atoms with Crippen LogP contribution in [-0.2, 0) is 13.2 Å². The average molecular weight is 331 g/mol. The van der Waals surface area contributed by atoms with Crippen molar-refractivity contribution in [3.8, 4) is 5.75 Å². The van der Waals surface area contributed by atoms with Gasteiger partial charge in [-0.25, -0.2) is 0 Å². The highest BCUT2D eigenvalue weighted by Gasteiger charge is 2.08. The van der Waals surface area contributed by atoms with Gasteiger partial charge >= 0.3 is 0 Å². The lowest BCUT2D eigenvalue weighted by Gasteiger charge is -2.08. The molecule has 2 rings (SSSR count). The fourth-order valence-electron chi connectivity index (χ4n) is 1.56. The molecule has 0 saturated heterocycles. The predicted octanol–water partition coefficient (Wildman–Crippen LogP) is 3.99. The van der Waals surface area contributed by atoms with Crippen molar-refractivity contribution in [2.45, 2.75) is 13.2 Å². The monoisotopic (exact) mass is 329 g/mol. The van der Waals surface area contributed by atoms with E-state index in [4.69, 9.17) is 20.8 Å². The second-order valence-electron chi connectivity index (χ2n) is 3.76. The fraction of sp³-hybridized carbons (Fsp3) is 0.231. The predicted molar refractivity (Wildman–Crippen MR) is 75.0 cm³/mol. The van der Waals surface area contributed by atoms with E-state index in [1.165, 1.54) is 0 Å². The third kappa shape index (κ3) is 3.28. The first-order chi connectivity index (χ1) is 8.70. The summed E-state index contributed by atoms with van der Waals surface area (Å²) < 4.78 is 12.0. The van der Waals surface area contributed by atoms with Crippen LogP contribution in [-0.4, -0.2) is 7.05 Å². The van der Waals surface area contributed by atoms with Crippen molar-refractivity contribution in [2.75, 3.05) is 7.05 Å². The number of nitrogens with one attached hydrogen (secondary N) is 1. The van der Waals surface area contributed by atoms with E-state index in [9.17, 15) is 0 Å². The molecule has 0 atom stereocenters. The van der Waals surface area contributed by atoms with Crippen molar-refractivity contribution in [1.29, 1.82) is 0 Å². The van der Waals surface area contributed by atoms with Crippen LogP contribution in [0.5, 0.6) is 5.75 Å². The van der Waals surface area contributed by atoms with Crippen molar-refractivity contribution >= 4 is 27.5 Å². The van der Waals surface area contributed by atoms with Crippen molar-refractivity contribution in [1.82, 2.24) is 5.32 Å². The Balaban J connectivity index is 2.04. The zero-order valence-electron chi connectivity index (χ0n) is 9.87. The summed E-state index contributed by atoms with van der Waals surface area (Å²) in [6, 6.07) is 7.44. The van der Waals surface area contributed by atoms with E-state index in [1.807, 2.05) is 25.2 Å². The quantitative estimate of drug-likeness (QED) is 0.900. The van der Waals surface area contributed by atoms with E-state index >= 15 is 0 Å². The maximum atomic E-state index is 6.08. The summed E-state index contributed by atoms with van der Waals surface area (Å²) in [5.74, 6) is 1.54. The maximum Gasteiger partial charge on any atom is 0.138 e. The van der Waals surface area contributed by atoms with Gasteiger partial charge in [-0.05, 0) is 31.3 Å². The van der Waals surface area contributed by atoms with E-state index in [-0.39, 0.29) is 0 Å². The van der Waals surface area contributed by atoms with Crippen LogP contribution in [0.2, 0.25) is 5.02 Å². The second kappa shape index (κ2) is 6.27. The first-order valence-electron chi connectivity index (χ1n) is 5.48. The van der Waals surface area contributed by atoms with E-state index < -0.39 is 0 Å². The fourth-order valence-corrected chi connectivity index (χ4v) is 2.29. The molecule has 3 nitrogen and oxygen atoms in total. The molecule has 1 aromatic heterocycles. The SMILES string of the molecule is CNCc1occc1COc1ccc(Br)cc1Cl. The van der Waals surface area contributed by atoms with E-state index in [0.29, 0.717) is 23.9 Å². The molecular weight excluding hydrogens is 318 g/mol. The number of hydrogen-bond donors (Lipinski definition) is 1. The minimum Gasteiger partial charge on any atom is -0.487 e. The number of ether oxygens (including phenoxy) is 1. The van der Waals surface area contributed by atoms with Gasteiger partial charge in [0.1, 0.15) is 18.1 Å². The number of rotatable bonds is 5. The topological polar surface area (TPSA) is 34.4 Å². The molecule has 2 aromatic rings. The largest absolute Gasteiger partial charge is 0.487 e. The molecule has 96 valence electrons. The van der Waals surface area contributed by atoms with Crippen LogP contribution in [0.3, 0.4) is 0 Å². The minimum atomic E-state index is 0.439. The average Bonchev–Trinajstić information content (AvgIpc) is 2.76. The summed E-state index contributed by atoms with van der Waals surface area (Å²) in [7, 11) is 1.87. The Bertz CT molecular complexity index is 527. The summed E-state index contributed by atoms with van der Waals surface area (Å²) in [6.45, 7) is 1.12. The maximum absolute atomic E-state index is 6.08. The molecule has 0 aliphatic rings. The third-order valence-electron chi connectivity index (χ3n) is 2.45. The molecule has 0 saturated carbocycles. The van der Waals surface area contributed by atoms with Gasteiger partial charge in [0.25, 0.3) is 0 Å². The van der Waals surface area contributed by atoms with Gasteiger partial charge in [0.2, 0.25) is 0 Å². The molecule has 0 aliphatic carbocycles. The summed E-state index contributed by atoms with van der Waals surface area (Å²) >= 11 is 9.43. The normalized spacial score (nSPS) is 10.6. The van der Waals surface area contributed by atoms with Crippen molar-refractivity contribution in [3.63, 3.8) is 0 Å². The zero-order valence-corrected chi connectivity index (χ0v) is 12.2. The zero-order chi connectivity index (χ0) is 13.0. The van der Waals surface area contributed by atoms with Gasteiger partial charge in [-0.1, -0.05) is 27.5 Å². The highest BCUT2D eigenvalue weighted by molar-refractivity contribution is 9.10. The standard InChI is InChI=1S/C13H13BrClNO2/c1-16-7-13-9(4-5-17-13)8-18-12-3-2-10(14)6-11(12)15/h2-6,16H,7-8H2,1H3. The van der Waals surface area contributed by atoms with Crippen LogP contribution in [0.15, 0.2) is 39.4 Å². The van der Waals surface area contributed by atoms with E-state index in [0.717, 1.165) is 15.8 Å². The van der Waals surface area contributed by atoms with Gasteiger partial charge in [-0.3, -0.25) is 0 Å². The summed E-state index contributed by atoms with van der Waals surface area (Å²) in [6.07, 6.45) is 1.66. The van der Waals surface area contributed by atoms with Crippen molar-refractivity contribution < 1.29 is 9.15 Å². The second-order valence-corrected chi connectivity index (χ2v) is 5.09. The Morgan fingerprint density at radius 2 is 2.22 bits per heavy atom. The molecule has 0 amide bonds. The van der Waals surface area contributed by atoms with Crippen LogP contribution in [0.1, 0.15) is 11.3 Å². The Kier molecular flexibility index (Phi) is 4.69. The lowest BCUT2D eigenvalue weighted by molar-refractivity contribution is 0.301. The first kappa shape index (κ1) is 13.5. The molecule has 18 heavy (non-hydrogen) atoms. The van der Waals surface area contributed by atoms with Gasteiger partial charge in [-0.2, -0.15) is 0 Å². The molecule has 0 fully saturated rings. The van der Waals surface area contributed by atoms with Gasteiger partial charge in [0.15, 0.2) is 0 Å². The van der Waals surface area contributed by atoms with Crippen LogP contribution in [0.25, 0.3) is 0 Å². The molecule has 5 heteroatoms. The van der Waals surface area contributed by atoms with Gasteiger partial charge in [0.05, 0.1) is 17.8 Å². The summed E-state index contributed by atoms with van der Waals surface area (Å²) in [4.78, 5) is 0. The molecule has 1 N–H and O–H groups in total. The molecule has 0 unspecified atom stereocenters. The third-order valence-corrected chi connectivity index (χ3v) is 3.24. The Labute approximate surface area is 119 Å². The first-order valence-corrected chi connectivity index (χ1v) is 6.65. The number of furan rings is 1. The van der Waals surface area contributed by atoms with E-state index in [1.54, 1.807) is 12.3 Å². The smallest absolute Gasteiger partial charge is 0.138 e. The number of halogens is 2. The molecule has 0 bridgehead atoms. The minimum absolute atomic E-state index is 0.439. The lowest BCUT2D eigenvalue weighted by atomic mass is 10.2. The van der Waals surface area contributed by atoms with Crippen LogP contribution < -0.4 is 10.1 Å².